The number of carbonyl (C=O) groups excluding carboxylic acids is 1. The summed E-state index contributed by atoms with van der Waals surface area (Å²) in [4.78, 5) is 22.8. The zero-order chi connectivity index (χ0) is 16.7. The zero-order valence-corrected chi connectivity index (χ0v) is 12.7. The fourth-order valence-corrected chi connectivity index (χ4v) is 2.11. The second-order valence-corrected chi connectivity index (χ2v) is 5.69. The molecule has 0 bridgehead atoms. The van der Waals surface area contributed by atoms with E-state index in [0.29, 0.717) is 24.8 Å². The Labute approximate surface area is 128 Å². The molecule has 2 N–H and O–H groups in total. The third-order valence-electron chi connectivity index (χ3n) is 3.19. The SMILES string of the molecule is CC(C)C[C@H](NC(=O)CCCc1ccc(F)c(F)c1)C(=O)O. The first kappa shape index (κ1) is 18.1. The van der Waals surface area contributed by atoms with E-state index in [9.17, 15) is 18.4 Å². The van der Waals surface area contributed by atoms with Gasteiger partial charge in [-0.15, -0.1) is 0 Å². The highest BCUT2D eigenvalue weighted by molar-refractivity contribution is 5.83. The summed E-state index contributed by atoms with van der Waals surface area (Å²) in [5.74, 6) is -3.06. The smallest absolute Gasteiger partial charge is 0.326 e. The molecular weight excluding hydrogens is 292 g/mol. The Hall–Kier alpha value is -1.98. The molecule has 122 valence electrons. The number of halogens is 2. The van der Waals surface area contributed by atoms with Gasteiger partial charge in [0.2, 0.25) is 5.91 Å². The summed E-state index contributed by atoms with van der Waals surface area (Å²) in [5.41, 5.74) is 0.601. The third kappa shape index (κ3) is 6.20. The number of hydrogen-bond donors (Lipinski definition) is 2. The van der Waals surface area contributed by atoms with Crippen molar-refractivity contribution in [3.63, 3.8) is 0 Å². The Morgan fingerprint density at radius 1 is 1.23 bits per heavy atom. The van der Waals surface area contributed by atoms with E-state index < -0.39 is 23.6 Å². The summed E-state index contributed by atoms with van der Waals surface area (Å²) in [7, 11) is 0. The van der Waals surface area contributed by atoms with E-state index in [1.54, 1.807) is 0 Å². The zero-order valence-electron chi connectivity index (χ0n) is 12.7. The second kappa shape index (κ2) is 8.46. The first-order valence-electron chi connectivity index (χ1n) is 7.25. The highest BCUT2D eigenvalue weighted by atomic mass is 19.2. The van der Waals surface area contributed by atoms with Gasteiger partial charge in [-0.3, -0.25) is 4.79 Å². The lowest BCUT2D eigenvalue weighted by Gasteiger charge is -2.16. The van der Waals surface area contributed by atoms with Crippen LogP contribution in [0.2, 0.25) is 0 Å². The van der Waals surface area contributed by atoms with Gasteiger partial charge in [0.15, 0.2) is 11.6 Å². The van der Waals surface area contributed by atoms with E-state index in [0.717, 1.165) is 12.1 Å². The normalized spacial score (nSPS) is 12.2. The lowest BCUT2D eigenvalue weighted by Crippen LogP contribution is -2.41. The van der Waals surface area contributed by atoms with Crippen LogP contribution in [0.3, 0.4) is 0 Å². The summed E-state index contributed by atoms with van der Waals surface area (Å²) in [5, 5.41) is 11.5. The Morgan fingerprint density at radius 2 is 1.91 bits per heavy atom. The van der Waals surface area contributed by atoms with Crippen molar-refractivity contribution in [2.45, 2.75) is 45.6 Å². The van der Waals surface area contributed by atoms with Gasteiger partial charge in [-0.2, -0.15) is 0 Å². The molecule has 0 aliphatic carbocycles. The Balaban J connectivity index is 2.41. The molecule has 4 nitrogen and oxygen atoms in total. The van der Waals surface area contributed by atoms with Gasteiger partial charge in [-0.25, -0.2) is 13.6 Å². The van der Waals surface area contributed by atoms with Crippen molar-refractivity contribution in [2.75, 3.05) is 0 Å². The number of carboxylic acids is 1. The number of aliphatic carboxylic acids is 1. The molecule has 0 saturated heterocycles. The predicted octanol–water partition coefficient (Wildman–Crippen LogP) is 2.90. The molecular formula is C16H21F2NO3. The second-order valence-electron chi connectivity index (χ2n) is 5.69. The molecule has 0 aliphatic rings. The highest BCUT2D eigenvalue weighted by Crippen LogP contribution is 2.11. The number of carboxylic acid groups (broad SMARTS) is 1. The van der Waals surface area contributed by atoms with Crippen LogP contribution in [0.4, 0.5) is 8.78 Å². The summed E-state index contributed by atoms with van der Waals surface area (Å²) in [6, 6.07) is 2.73. The summed E-state index contributed by atoms with van der Waals surface area (Å²) < 4.78 is 25.8. The molecule has 0 heterocycles. The van der Waals surface area contributed by atoms with Crippen LogP contribution in [-0.4, -0.2) is 23.0 Å². The molecule has 1 aromatic rings. The molecule has 0 spiro atoms. The van der Waals surface area contributed by atoms with Crippen LogP contribution in [0.15, 0.2) is 18.2 Å². The quantitative estimate of drug-likeness (QED) is 0.775. The van der Waals surface area contributed by atoms with Gasteiger partial charge in [-0.05, 0) is 42.9 Å². The van der Waals surface area contributed by atoms with E-state index in [2.05, 4.69) is 5.32 Å². The van der Waals surface area contributed by atoms with Gasteiger partial charge in [0.05, 0.1) is 0 Å². The number of hydrogen-bond acceptors (Lipinski definition) is 2. The van der Waals surface area contributed by atoms with Crippen LogP contribution in [0.1, 0.15) is 38.7 Å². The van der Waals surface area contributed by atoms with Crippen LogP contribution in [0.5, 0.6) is 0 Å². The molecule has 0 aromatic heterocycles. The molecule has 1 aromatic carbocycles. The van der Waals surface area contributed by atoms with Crippen LogP contribution in [0.25, 0.3) is 0 Å². The molecule has 0 aliphatic heterocycles. The Bertz CT molecular complexity index is 532. The summed E-state index contributed by atoms with van der Waals surface area (Å²) in [6.07, 6.45) is 1.36. The predicted molar refractivity (Wildman–Crippen MR) is 78.3 cm³/mol. The number of benzene rings is 1. The molecule has 1 rings (SSSR count). The van der Waals surface area contributed by atoms with Crippen molar-refractivity contribution in [2.24, 2.45) is 5.92 Å². The first-order valence-corrected chi connectivity index (χ1v) is 7.25. The van der Waals surface area contributed by atoms with Crippen LogP contribution >= 0.6 is 0 Å². The average molecular weight is 313 g/mol. The maximum atomic E-state index is 13.0. The van der Waals surface area contributed by atoms with E-state index in [-0.39, 0.29) is 18.2 Å². The van der Waals surface area contributed by atoms with Gasteiger partial charge in [0.25, 0.3) is 0 Å². The first-order chi connectivity index (χ1) is 10.3. The minimum Gasteiger partial charge on any atom is -0.480 e. The van der Waals surface area contributed by atoms with Gasteiger partial charge >= 0.3 is 5.97 Å². The van der Waals surface area contributed by atoms with Crippen LogP contribution in [-0.2, 0) is 16.0 Å². The van der Waals surface area contributed by atoms with Crippen molar-refractivity contribution in [3.05, 3.63) is 35.4 Å². The number of carbonyl (C=O) groups is 2. The molecule has 0 saturated carbocycles. The van der Waals surface area contributed by atoms with E-state index in [4.69, 9.17) is 5.11 Å². The number of rotatable bonds is 8. The minimum absolute atomic E-state index is 0.140. The van der Waals surface area contributed by atoms with Gasteiger partial charge in [-0.1, -0.05) is 19.9 Å². The van der Waals surface area contributed by atoms with E-state index >= 15 is 0 Å². The van der Waals surface area contributed by atoms with Crippen molar-refractivity contribution in [3.8, 4) is 0 Å². The molecule has 0 radical (unpaired) electrons. The minimum atomic E-state index is -1.05. The summed E-state index contributed by atoms with van der Waals surface area (Å²) >= 11 is 0. The molecule has 6 heteroatoms. The van der Waals surface area contributed by atoms with Gasteiger partial charge in [0, 0.05) is 6.42 Å². The maximum Gasteiger partial charge on any atom is 0.326 e. The number of amides is 1. The fraction of sp³-hybridized carbons (Fsp3) is 0.500. The lowest BCUT2D eigenvalue weighted by atomic mass is 10.0. The third-order valence-corrected chi connectivity index (χ3v) is 3.19. The molecule has 0 fully saturated rings. The van der Waals surface area contributed by atoms with E-state index in [1.165, 1.54) is 6.07 Å². The molecule has 22 heavy (non-hydrogen) atoms. The molecule has 1 amide bonds. The molecule has 1 atom stereocenters. The topological polar surface area (TPSA) is 66.4 Å². The highest BCUT2D eigenvalue weighted by Gasteiger charge is 2.20. The van der Waals surface area contributed by atoms with Crippen LogP contribution in [0, 0.1) is 17.6 Å². The average Bonchev–Trinajstić information content (AvgIpc) is 2.41. The standard InChI is InChI=1S/C16H21F2NO3/c1-10(2)8-14(16(21)22)19-15(20)5-3-4-11-6-7-12(17)13(18)9-11/h6-7,9-10,14H,3-5,8H2,1-2H3,(H,19,20)(H,21,22)/t14-/m0/s1. The summed E-state index contributed by atoms with van der Waals surface area (Å²) in [6.45, 7) is 3.76. The number of aryl methyl sites for hydroxylation is 1. The van der Waals surface area contributed by atoms with Crippen molar-refractivity contribution in [1.82, 2.24) is 5.32 Å². The van der Waals surface area contributed by atoms with Gasteiger partial charge < -0.3 is 10.4 Å². The Kier molecular flexibility index (Phi) is 6.95. The van der Waals surface area contributed by atoms with Crippen molar-refractivity contribution < 1.29 is 23.5 Å². The van der Waals surface area contributed by atoms with Gasteiger partial charge in [0.1, 0.15) is 6.04 Å². The van der Waals surface area contributed by atoms with E-state index in [1.807, 2.05) is 13.8 Å². The molecule has 0 unspecified atom stereocenters. The maximum absolute atomic E-state index is 13.0. The van der Waals surface area contributed by atoms with Crippen molar-refractivity contribution >= 4 is 11.9 Å². The monoisotopic (exact) mass is 313 g/mol. The number of nitrogens with one attached hydrogen (secondary N) is 1. The Morgan fingerprint density at radius 3 is 2.45 bits per heavy atom. The van der Waals surface area contributed by atoms with Crippen LogP contribution < -0.4 is 5.32 Å². The lowest BCUT2D eigenvalue weighted by molar-refractivity contribution is -0.142. The fourth-order valence-electron chi connectivity index (χ4n) is 2.11. The largest absolute Gasteiger partial charge is 0.480 e. The van der Waals surface area contributed by atoms with Crippen molar-refractivity contribution in [1.29, 1.82) is 0 Å².